The summed E-state index contributed by atoms with van der Waals surface area (Å²) >= 11 is 0. The van der Waals surface area contributed by atoms with E-state index >= 15 is 0 Å². The molecular weight excluding hydrogens is 324 g/mol. The van der Waals surface area contributed by atoms with Gasteiger partial charge in [0.2, 0.25) is 0 Å². The number of likely N-dealkylation sites (tertiary alicyclic amines) is 1. The Balaban J connectivity index is 1.82. The zero-order valence-electron chi connectivity index (χ0n) is 15.4. The van der Waals surface area contributed by atoms with E-state index in [2.05, 4.69) is 31.2 Å². The van der Waals surface area contributed by atoms with Crippen molar-refractivity contribution in [3.63, 3.8) is 0 Å². The lowest BCUT2D eigenvalue weighted by atomic mass is 9.88. The normalized spacial score (nSPS) is 16.6. The topological polar surface area (TPSA) is 42.4 Å². The van der Waals surface area contributed by atoms with Crippen LogP contribution >= 0.6 is 0 Å². The van der Waals surface area contributed by atoms with Crippen LogP contribution in [0.3, 0.4) is 0 Å². The van der Waals surface area contributed by atoms with Gasteiger partial charge in [-0.05, 0) is 55.4 Å². The second-order valence-electron chi connectivity index (χ2n) is 7.11. The molecule has 0 unspecified atom stereocenters. The van der Waals surface area contributed by atoms with Gasteiger partial charge in [0.15, 0.2) is 0 Å². The average molecular weight is 348 g/mol. The molecule has 2 aromatic rings. The summed E-state index contributed by atoms with van der Waals surface area (Å²) in [7, 11) is 1.45. The highest BCUT2D eigenvalue weighted by Gasteiger charge is 2.26. The largest absolute Gasteiger partial charge is 0.453 e. The number of hydrogen-bond donors (Lipinski definition) is 0. The van der Waals surface area contributed by atoms with Gasteiger partial charge in [-0.2, -0.15) is 0 Å². The number of aromatic nitrogens is 1. The summed E-state index contributed by atoms with van der Waals surface area (Å²) in [4.78, 5) is 18.4. The number of amides is 1. The van der Waals surface area contributed by atoms with Gasteiger partial charge in [0.05, 0.1) is 12.8 Å². The number of piperidine rings is 1. The second-order valence-corrected chi connectivity index (χ2v) is 7.11. The van der Waals surface area contributed by atoms with E-state index in [0.717, 1.165) is 31.4 Å². The second kappa shape index (κ2) is 6.94. The Kier molecular flexibility index (Phi) is 4.49. The molecule has 26 heavy (non-hydrogen) atoms. The molecule has 0 atom stereocenters. The number of fused-ring (bicyclic) bond motifs is 2. The van der Waals surface area contributed by atoms with E-state index < -0.39 is 0 Å². The minimum atomic E-state index is -0.232. The predicted molar refractivity (Wildman–Crippen MR) is 102 cm³/mol. The minimum Gasteiger partial charge on any atom is -0.453 e. The molecule has 2 heterocycles. The maximum atomic E-state index is 11.8. The molecule has 1 aliphatic carbocycles. The molecule has 4 heteroatoms. The van der Waals surface area contributed by atoms with Gasteiger partial charge in [0, 0.05) is 24.9 Å². The van der Waals surface area contributed by atoms with Gasteiger partial charge in [-0.1, -0.05) is 35.4 Å². The zero-order chi connectivity index (χ0) is 18.1. The van der Waals surface area contributed by atoms with E-state index in [4.69, 9.17) is 9.72 Å². The Morgan fingerprint density at radius 1 is 1.08 bits per heavy atom. The molecule has 1 aliphatic heterocycles. The monoisotopic (exact) mass is 348 g/mol. The van der Waals surface area contributed by atoms with Crippen LogP contribution in [-0.4, -0.2) is 36.2 Å². The standard InChI is InChI=1S/C22H24N2O2/c1-15-5-6-16-7-8-18-4-3-11-23-21(18)20(19(16)14-15)17-9-12-24(13-10-17)22(25)26-2/h3-6,11,14H,7-10,12-13H2,1-2H3. The number of carbonyl (C=O) groups is 1. The number of aryl methyl sites for hydroxylation is 3. The Bertz CT molecular complexity index is 875. The third-order valence-corrected chi connectivity index (χ3v) is 5.48. The van der Waals surface area contributed by atoms with Gasteiger partial charge >= 0.3 is 6.09 Å². The van der Waals surface area contributed by atoms with E-state index in [-0.39, 0.29) is 6.09 Å². The maximum absolute atomic E-state index is 11.8. The number of hydrogen-bond acceptors (Lipinski definition) is 3. The number of methoxy groups -OCH3 is 1. The summed E-state index contributed by atoms with van der Waals surface area (Å²) in [6.45, 7) is 3.55. The molecule has 1 saturated heterocycles. The van der Waals surface area contributed by atoms with E-state index in [1.807, 2.05) is 12.3 Å². The third-order valence-electron chi connectivity index (χ3n) is 5.48. The summed E-state index contributed by atoms with van der Waals surface area (Å²) in [6.07, 6.45) is 5.46. The van der Waals surface area contributed by atoms with Crippen molar-refractivity contribution in [3.05, 3.63) is 70.0 Å². The number of nitrogens with zero attached hydrogens (tertiary/aromatic N) is 2. The highest BCUT2D eigenvalue weighted by atomic mass is 16.5. The Morgan fingerprint density at radius 3 is 2.62 bits per heavy atom. The van der Waals surface area contributed by atoms with Gasteiger partial charge in [-0.25, -0.2) is 4.79 Å². The van der Waals surface area contributed by atoms with Crippen LogP contribution in [0.25, 0.3) is 5.57 Å². The molecule has 0 N–H and O–H groups in total. The van der Waals surface area contributed by atoms with Crippen molar-refractivity contribution in [1.29, 1.82) is 0 Å². The molecule has 134 valence electrons. The van der Waals surface area contributed by atoms with Gasteiger partial charge < -0.3 is 9.64 Å². The molecule has 0 saturated carbocycles. The first-order valence-corrected chi connectivity index (χ1v) is 9.26. The summed E-state index contributed by atoms with van der Waals surface area (Å²) in [5, 5.41) is 0. The number of ether oxygens (including phenoxy) is 1. The first kappa shape index (κ1) is 16.8. The first-order valence-electron chi connectivity index (χ1n) is 9.26. The highest BCUT2D eigenvalue weighted by Crippen LogP contribution is 2.38. The van der Waals surface area contributed by atoms with Crippen molar-refractivity contribution < 1.29 is 9.53 Å². The van der Waals surface area contributed by atoms with Crippen LogP contribution in [0.2, 0.25) is 0 Å². The number of pyridine rings is 1. The Morgan fingerprint density at radius 2 is 1.85 bits per heavy atom. The van der Waals surface area contributed by atoms with Gasteiger partial charge in [-0.3, -0.25) is 4.98 Å². The van der Waals surface area contributed by atoms with E-state index in [1.54, 1.807) is 4.90 Å². The average Bonchev–Trinajstić information content (AvgIpc) is 2.84. The van der Waals surface area contributed by atoms with Crippen LogP contribution in [0.4, 0.5) is 4.79 Å². The van der Waals surface area contributed by atoms with Crippen LogP contribution in [0, 0.1) is 6.92 Å². The Labute approximate surface area is 154 Å². The summed E-state index contributed by atoms with van der Waals surface area (Å²) in [5.41, 5.74) is 9.13. The summed E-state index contributed by atoms with van der Waals surface area (Å²) in [5.74, 6) is 0. The van der Waals surface area contributed by atoms with E-state index in [0.29, 0.717) is 13.1 Å². The fourth-order valence-corrected chi connectivity index (χ4v) is 4.10. The summed E-state index contributed by atoms with van der Waals surface area (Å²) < 4.78 is 4.88. The Hall–Kier alpha value is -2.62. The molecule has 4 rings (SSSR count). The van der Waals surface area contributed by atoms with Crippen LogP contribution in [-0.2, 0) is 17.6 Å². The molecule has 0 radical (unpaired) electrons. The van der Waals surface area contributed by atoms with Gasteiger partial charge in [0.25, 0.3) is 0 Å². The predicted octanol–water partition coefficient (Wildman–Crippen LogP) is 4.15. The van der Waals surface area contributed by atoms with Crippen LogP contribution < -0.4 is 0 Å². The van der Waals surface area contributed by atoms with E-state index in [9.17, 15) is 4.79 Å². The molecule has 4 nitrogen and oxygen atoms in total. The third kappa shape index (κ3) is 3.00. The lowest BCUT2D eigenvalue weighted by Crippen LogP contribution is -2.36. The maximum Gasteiger partial charge on any atom is 0.409 e. The molecule has 1 amide bonds. The van der Waals surface area contributed by atoms with Crippen molar-refractivity contribution in [2.24, 2.45) is 0 Å². The number of benzene rings is 1. The van der Waals surface area contributed by atoms with Crippen molar-refractivity contribution in [2.75, 3.05) is 20.2 Å². The smallest absolute Gasteiger partial charge is 0.409 e. The molecule has 2 aliphatic rings. The van der Waals surface area contributed by atoms with Crippen LogP contribution in [0.5, 0.6) is 0 Å². The fourth-order valence-electron chi connectivity index (χ4n) is 4.10. The van der Waals surface area contributed by atoms with Crippen LogP contribution in [0.1, 0.15) is 40.8 Å². The molecule has 1 aromatic carbocycles. The van der Waals surface area contributed by atoms with Gasteiger partial charge in [0.1, 0.15) is 0 Å². The van der Waals surface area contributed by atoms with Crippen molar-refractivity contribution >= 4 is 11.7 Å². The van der Waals surface area contributed by atoms with Crippen LogP contribution in [0.15, 0.2) is 42.1 Å². The SMILES string of the molecule is COC(=O)N1CCC(=C2c3cc(C)ccc3CCc3cccnc32)CC1. The lowest BCUT2D eigenvalue weighted by Gasteiger charge is -2.29. The first-order chi connectivity index (χ1) is 12.7. The van der Waals surface area contributed by atoms with Gasteiger partial charge in [-0.15, -0.1) is 0 Å². The lowest BCUT2D eigenvalue weighted by molar-refractivity contribution is 0.120. The zero-order valence-corrected chi connectivity index (χ0v) is 15.4. The van der Waals surface area contributed by atoms with Crippen molar-refractivity contribution in [3.8, 4) is 0 Å². The molecule has 1 aromatic heterocycles. The summed E-state index contributed by atoms with van der Waals surface area (Å²) in [6, 6.07) is 11.0. The highest BCUT2D eigenvalue weighted by molar-refractivity contribution is 5.85. The number of carbonyl (C=O) groups excluding carboxylic acids is 1. The molecular formula is C22H24N2O2. The quantitative estimate of drug-likeness (QED) is 0.718. The molecule has 0 spiro atoms. The van der Waals surface area contributed by atoms with Crippen molar-refractivity contribution in [2.45, 2.75) is 32.6 Å². The molecule has 0 bridgehead atoms. The minimum absolute atomic E-state index is 0.232. The fraction of sp³-hybridized carbons (Fsp3) is 0.364. The molecule has 1 fully saturated rings. The van der Waals surface area contributed by atoms with E-state index in [1.165, 1.54) is 40.5 Å². The van der Waals surface area contributed by atoms with Crippen molar-refractivity contribution in [1.82, 2.24) is 9.88 Å². The number of rotatable bonds is 0.